The van der Waals surface area contributed by atoms with E-state index in [9.17, 15) is 0 Å². The van der Waals surface area contributed by atoms with Crippen molar-refractivity contribution in [3.05, 3.63) is 0 Å². The number of rotatable bonds is 15. The first-order valence-corrected chi connectivity index (χ1v) is 8.44. The third kappa shape index (κ3) is 14.3. The van der Waals surface area contributed by atoms with Gasteiger partial charge in [-0.25, -0.2) is 0 Å². The lowest BCUT2D eigenvalue weighted by Gasteiger charge is -2.26. The molecule has 0 heterocycles. The van der Waals surface area contributed by atoms with E-state index >= 15 is 0 Å². The van der Waals surface area contributed by atoms with Crippen LogP contribution in [0.3, 0.4) is 0 Å². The van der Waals surface area contributed by atoms with Crippen LogP contribution in [0.25, 0.3) is 0 Å². The molecule has 0 aromatic heterocycles. The highest BCUT2D eigenvalue weighted by Gasteiger charge is 2.16. The van der Waals surface area contributed by atoms with Crippen LogP contribution in [0.15, 0.2) is 0 Å². The Morgan fingerprint density at radius 2 is 1.45 bits per heavy atom. The predicted octanol–water partition coefficient (Wildman–Crippen LogP) is 4.16. The quantitative estimate of drug-likeness (QED) is 0.459. The van der Waals surface area contributed by atoms with Crippen molar-refractivity contribution >= 4 is 0 Å². The Morgan fingerprint density at radius 3 is 2.05 bits per heavy atom. The van der Waals surface area contributed by atoms with E-state index < -0.39 is 0 Å². The molecule has 0 bridgehead atoms. The second-order valence-electron chi connectivity index (χ2n) is 6.33. The van der Waals surface area contributed by atoms with Crippen LogP contribution < -0.4 is 5.32 Å². The van der Waals surface area contributed by atoms with Crippen molar-refractivity contribution in [2.45, 2.75) is 77.7 Å². The summed E-state index contributed by atoms with van der Waals surface area (Å²) >= 11 is 0. The van der Waals surface area contributed by atoms with Crippen LogP contribution in [0.5, 0.6) is 0 Å². The Hall–Kier alpha value is -0.120. The maximum Gasteiger partial charge on any atom is 0.0701 e. The standard InChI is InChI=1S/C17H37NO2/c1-5-6-7-8-9-10-11-12-13-18-17(2,3)16-20-15-14-19-4/h18H,5-16H2,1-4H3. The van der Waals surface area contributed by atoms with Gasteiger partial charge >= 0.3 is 0 Å². The fourth-order valence-corrected chi connectivity index (χ4v) is 2.21. The lowest BCUT2D eigenvalue weighted by atomic mass is 10.1. The van der Waals surface area contributed by atoms with Gasteiger partial charge in [-0.1, -0.05) is 51.9 Å². The van der Waals surface area contributed by atoms with Gasteiger partial charge in [0.25, 0.3) is 0 Å². The summed E-state index contributed by atoms with van der Waals surface area (Å²) in [5, 5.41) is 3.58. The monoisotopic (exact) mass is 287 g/mol. The molecular weight excluding hydrogens is 250 g/mol. The van der Waals surface area contributed by atoms with Crippen molar-refractivity contribution in [1.29, 1.82) is 0 Å². The summed E-state index contributed by atoms with van der Waals surface area (Å²) in [7, 11) is 1.70. The number of nitrogens with one attached hydrogen (secondary N) is 1. The van der Waals surface area contributed by atoms with E-state index in [1.807, 2.05) is 0 Å². The zero-order valence-corrected chi connectivity index (χ0v) is 14.3. The average molecular weight is 287 g/mol. The molecule has 20 heavy (non-hydrogen) atoms. The van der Waals surface area contributed by atoms with Gasteiger partial charge in [-0.3, -0.25) is 0 Å². The molecule has 0 spiro atoms. The lowest BCUT2D eigenvalue weighted by molar-refractivity contribution is 0.0417. The Bertz CT molecular complexity index is 195. The lowest BCUT2D eigenvalue weighted by Crippen LogP contribution is -2.44. The first-order valence-electron chi connectivity index (χ1n) is 8.44. The topological polar surface area (TPSA) is 30.5 Å². The number of hydrogen-bond acceptors (Lipinski definition) is 3. The third-order valence-electron chi connectivity index (χ3n) is 3.53. The van der Waals surface area contributed by atoms with Crippen molar-refractivity contribution in [3.8, 4) is 0 Å². The van der Waals surface area contributed by atoms with Crippen molar-refractivity contribution < 1.29 is 9.47 Å². The summed E-state index contributed by atoms with van der Waals surface area (Å²) in [6.07, 6.45) is 11.0. The Balaban J connectivity index is 3.30. The first-order chi connectivity index (χ1) is 9.62. The van der Waals surface area contributed by atoms with Crippen LogP contribution in [-0.2, 0) is 9.47 Å². The first kappa shape index (κ1) is 19.9. The number of ether oxygens (including phenoxy) is 2. The van der Waals surface area contributed by atoms with Gasteiger partial charge in [0.05, 0.1) is 19.8 Å². The van der Waals surface area contributed by atoms with Gasteiger partial charge in [0, 0.05) is 12.6 Å². The van der Waals surface area contributed by atoms with Crippen LogP contribution in [0, 0.1) is 0 Å². The van der Waals surface area contributed by atoms with Gasteiger partial charge in [0.1, 0.15) is 0 Å². The van der Waals surface area contributed by atoms with Crippen LogP contribution in [0.2, 0.25) is 0 Å². The molecule has 3 heteroatoms. The number of hydrogen-bond donors (Lipinski definition) is 1. The molecule has 0 fully saturated rings. The molecule has 0 aliphatic heterocycles. The van der Waals surface area contributed by atoms with Crippen LogP contribution in [0.1, 0.15) is 72.1 Å². The number of unbranched alkanes of at least 4 members (excludes halogenated alkanes) is 7. The highest BCUT2D eigenvalue weighted by molar-refractivity contribution is 4.76. The fourth-order valence-electron chi connectivity index (χ4n) is 2.21. The second kappa shape index (κ2) is 13.8. The molecule has 0 saturated carbocycles. The predicted molar refractivity (Wildman–Crippen MR) is 87.4 cm³/mol. The molecule has 0 aromatic rings. The van der Waals surface area contributed by atoms with E-state index in [-0.39, 0.29) is 5.54 Å². The van der Waals surface area contributed by atoms with Crippen molar-refractivity contribution in [2.75, 3.05) is 33.5 Å². The number of methoxy groups -OCH3 is 1. The molecule has 0 radical (unpaired) electrons. The second-order valence-corrected chi connectivity index (χ2v) is 6.33. The van der Waals surface area contributed by atoms with Crippen LogP contribution in [0.4, 0.5) is 0 Å². The van der Waals surface area contributed by atoms with Crippen molar-refractivity contribution in [2.24, 2.45) is 0 Å². The van der Waals surface area contributed by atoms with Gasteiger partial charge in [-0.2, -0.15) is 0 Å². The maximum atomic E-state index is 5.58. The average Bonchev–Trinajstić information content (AvgIpc) is 2.42. The smallest absolute Gasteiger partial charge is 0.0701 e. The zero-order valence-electron chi connectivity index (χ0n) is 14.3. The Kier molecular flexibility index (Phi) is 13.8. The van der Waals surface area contributed by atoms with Crippen molar-refractivity contribution in [3.63, 3.8) is 0 Å². The van der Waals surface area contributed by atoms with Gasteiger partial charge in [-0.05, 0) is 26.8 Å². The van der Waals surface area contributed by atoms with E-state index in [4.69, 9.17) is 9.47 Å². The van der Waals surface area contributed by atoms with Gasteiger partial charge in [0.15, 0.2) is 0 Å². The molecule has 0 aromatic carbocycles. The summed E-state index contributed by atoms with van der Waals surface area (Å²) in [5.74, 6) is 0. The van der Waals surface area contributed by atoms with Crippen molar-refractivity contribution in [1.82, 2.24) is 5.32 Å². The minimum atomic E-state index is 0.0644. The Labute approximate surface area is 126 Å². The molecule has 0 amide bonds. The summed E-state index contributed by atoms with van der Waals surface area (Å²) in [6, 6.07) is 0. The van der Waals surface area contributed by atoms with E-state index in [2.05, 4.69) is 26.1 Å². The summed E-state index contributed by atoms with van der Waals surface area (Å²) in [5.41, 5.74) is 0.0644. The molecule has 122 valence electrons. The molecule has 0 aliphatic rings. The SMILES string of the molecule is CCCCCCCCCCNC(C)(C)COCCOC. The van der Waals surface area contributed by atoms with Gasteiger partial charge in [0.2, 0.25) is 0 Å². The summed E-state index contributed by atoms with van der Waals surface area (Å²) < 4.78 is 10.6. The van der Waals surface area contributed by atoms with Gasteiger partial charge in [-0.15, -0.1) is 0 Å². The molecule has 0 saturated heterocycles. The zero-order chi connectivity index (χ0) is 15.1. The molecule has 3 nitrogen and oxygen atoms in total. The molecule has 0 aliphatic carbocycles. The van der Waals surface area contributed by atoms with E-state index in [1.54, 1.807) is 7.11 Å². The maximum absolute atomic E-state index is 5.58. The molecule has 1 N–H and O–H groups in total. The van der Waals surface area contributed by atoms with Crippen LogP contribution >= 0.6 is 0 Å². The minimum Gasteiger partial charge on any atom is -0.382 e. The van der Waals surface area contributed by atoms with E-state index in [0.717, 1.165) is 13.2 Å². The highest BCUT2D eigenvalue weighted by atomic mass is 16.5. The molecule has 0 atom stereocenters. The normalized spacial score (nSPS) is 12.0. The molecular formula is C17H37NO2. The molecule has 0 unspecified atom stereocenters. The summed E-state index contributed by atoms with van der Waals surface area (Å²) in [4.78, 5) is 0. The van der Waals surface area contributed by atoms with E-state index in [1.165, 1.54) is 51.4 Å². The minimum absolute atomic E-state index is 0.0644. The Morgan fingerprint density at radius 1 is 0.850 bits per heavy atom. The molecule has 0 rings (SSSR count). The van der Waals surface area contributed by atoms with Crippen LogP contribution in [-0.4, -0.2) is 39.0 Å². The van der Waals surface area contributed by atoms with Gasteiger partial charge < -0.3 is 14.8 Å². The highest BCUT2D eigenvalue weighted by Crippen LogP contribution is 2.09. The summed E-state index contributed by atoms with van der Waals surface area (Å²) in [6.45, 7) is 9.86. The third-order valence-corrected chi connectivity index (χ3v) is 3.53. The fraction of sp³-hybridized carbons (Fsp3) is 1.00. The largest absolute Gasteiger partial charge is 0.382 e. The van der Waals surface area contributed by atoms with E-state index in [0.29, 0.717) is 13.2 Å².